The van der Waals surface area contributed by atoms with E-state index in [0.717, 1.165) is 12.8 Å². The van der Waals surface area contributed by atoms with Crippen LogP contribution in [0.1, 0.15) is 25.1 Å². The maximum Gasteiger partial charge on any atom is 0.296 e. The van der Waals surface area contributed by atoms with E-state index in [9.17, 15) is 8.78 Å². The van der Waals surface area contributed by atoms with Crippen LogP contribution in [-0.2, 0) is 4.74 Å². The summed E-state index contributed by atoms with van der Waals surface area (Å²) in [7, 11) is 0. The number of nitrogens with one attached hydrogen (secondary N) is 1. The molecule has 1 aliphatic carbocycles. The summed E-state index contributed by atoms with van der Waals surface area (Å²) in [6, 6.07) is 9.16. The number of para-hydroxylation sites is 2. The Kier molecular flexibility index (Phi) is 4.95. The van der Waals surface area contributed by atoms with E-state index in [2.05, 4.69) is 25.2 Å². The van der Waals surface area contributed by atoms with Crippen LogP contribution in [0.4, 0.5) is 20.5 Å². The molecule has 3 aromatic rings. The van der Waals surface area contributed by atoms with Gasteiger partial charge in [0, 0.05) is 31.2 Å². The largest absolute Gasteiger partial charge is 0.378 e. The minimum atomic E-state index is -2.74. The van der Waals surface area contributed by atoms with Crippen molar-refractivity contribution in [2.45, 2.75) is 31.4 Å². The molecule has 1 saturated carbocycles. The lowest BCUT2D eigenvalue weighted by molar-refractivity contribution is 0.122. The van der Waals surface area contributed by atoms with Gasteiger partial charge in [0.05, 0.1) is 24.2 Å². The molecule has 3 heterocycles. The van der Waals surface area contributed by atoms with Gasteiger partial charge in [0.1, 0.15) is 11.6 Å². The number of aromatic nitrogens is 4. The van der Waals surface area contributed by atoms with Gasteiger partial charge in [-0.2, -0.15) is 9.97 Å². The van der Waals surface area contributed by atoms with Crippen LogP contribution in [0.15, 0.2) is 30.3 Å². The molecular weight excluding hydrogens is 392 g/mol. The number of benzene rings is 1. The van der Waals surface area contributed by atoms with Crippen molar-refractivity contribution in [3.05, 3.63) is 36.2 Å². The molecule has 2 aliphatic rings. The lowest BCUT2D eigenvalue weighted by Gasteiger charge is -2.33. The molecule has 5 rings (SSSR count). The molecule has 0 spiro atoms. The van der Waals surface area contributed by atoms with Crippen LogP contribution in [0, 0.1) is 0 Å². The molecule has 0 bridgehead atoms. The van der Waals surface area contributed by atoms with Gasteiger partial charge in [0.25, 0.3) is 6.43 Å². The maximum absolute atomic E-state index is 13.8. The first-order valence-corrected chi connectivity index (χ1v) is 10.1. The molecule has 3 N–H and O–H groups in total. The second-order valence-corrected chi connectivity index (χ2v) is 7.67. The summed E-state index contributed by atoms with van der Waals surface area (Å²) in [5.41, 5.74) is 6.97. The van der Waals surface area contributed by atoms with Crippen molar-refractivity contribution < 1.29 is 13.5 Å². The zero-order chi connectivity index (χ0) is 20.7. The number of imidazole rings is 1. The number of halogens is 2. The fourth-order valence-corrected chi connectivity index (χ4v) is 3.95. The Morgan fingerprint density at radius 1 is 1.07 bits per heavy atom. The highest BCUT2D eigenvalue weighted by Gasteiger charge is 2.28. The Bertz CT molecular complexity index is 1040. The zero-order valence-corrected chi connectivity index (χ0v) is 16.3. The number of nitrogens with zero attached hydrogens (tertiary/aromatic N) is 5. The van der Waals surface area contributed by atoms with Gasteiger partial charge in [-0.25, -0.2) is 13.8 Å². The minimum Gasteiger partial charge on any atom is -0.378 e. The Labute approximate surface area is 172 Å². The summed E-state index contributed by atoms with van der Waals surface area (Å²) in [5, 5.41) is 3.31. The number of alkyl halides is 2. The quantitative estimate of drug-likeness (QED) is 0.661. The predicted octanol–water partition coefficient (Wildman–Crippen LogP) is 2.49. The standard InChI is InChI=1S/C20H23F2N7O/c21-18(22)19-25-14-3-1-2-4-15(14)29(19)17-11-16(28-5-7-30-8-6-28)26-20(27-17)24-13-9-12(23)10-13/h1-4,11-13,18H,5-10,23H2,(H,24,26,27). The Morgan fingerprint density at radius 2 is 1.80 bits per heavy atom. The van der Waals surface area contributed by atoms with Crippen LogP contribution in [0.5, 0.6) is 0 Å². The maximum atomic E-state index is 13.8. The highest BCUT2D eigenvalue weighted by molar-refractivity contribution is 5.78. The molecule has 0 radical (unpaired) electrons. The predicted molar refractivity (Wildman–Crippen MR) is 109 cm³/mol. The number of hydrogen-bond acceptors (Lipinski definition) is 7. The first-order valence-electron chi connectivity index (χ1n) is 10.1. The van der Waals surface area contributed by atoms with Gasteiger partial charge in [-0.1, -0.05) is 12.1 Å². The van der Waals surface area contributed by atoms with Crippen LogP contribution in [0.25, 0.3) is 16.9 Å². The lowest BCUT2D eigenvalue weighted by Crippen LogP contribution is -2.45. The third-order valence-corrected chi connectivity index (χ3v) is 5.55. The SMILES string of the molecule is NC1CC(Nc2nc(N3CCOCC3)cc(-n3c(C(F)F)nc4ccccc43)n2)C1. The summed E-state index contributed by atoms with van der Waals surface area (Å²) < 4.78 is 34.5. The Balaban J connectivity index is 1.62. The van der Waals surface area contributed by atoms with Crippen LogP contribution in [-0.4, -0.2) is 57.9 Å². The number of rotatable bonds is 5. The van der Waals surface area contributed by atoms with Gasteiger partial charge in [-0.3, -0.25) is 4.57 Å². The topological polar surface area (TPSA) is 94.1 Å². The number of fused-ring (bicyclic) bond motifs is 1. The van der Waals surface area contributed by atoms with Gasteiger partial charge in [0.2, 0.25) is 5.95 Å². The molecule has 0 unspecified atom stereocenters. The van der Waals surface area contributed by atoms with E-state index < -0.39 is 6.43 Å². The highest BCUT2D eigenvalue weighted by Crippen LogP contribution is 2.30. The van der Waals surface area contributed by atoms with Crippen molar-refractivity contribution in [2.24, 2.45) is 5.73 Å². The van der Waals surface area contributed by atoms with Gasteiger partial charge >= 0.3 is 0 Å². The van der Waals surface area contributed by atoms with Crippen LogP contribution in [0.3, 0.4) is 0 Å². The molecule has 0 amide bonds. The van der Waals surface area contributed by atoms with Crippen molar-refractivity contribution >= 4 is 22.8 Å². The van der Waals surface area contributed by atoms with Gasteiger partial charge in [-0.05, 0) is 25.0 Å². The number of anilines is 2. The van der Waals surface area contributed by atoms with E-state index >= 15 is 0 Å². The third-order valence-electron chi connectivity index (χ3n) is 5.55. The Hall–Kier alpha value is -2.85. The molecule has 1 aliphatic heterocycles. The zero-order valence-electron chi connectivity index (χ0n) is 16.3. The molecule has 1 saturated heterocycles. The van der Waals surface area contributed by atoms with Crippen molar-refractivity contribution in [2.75, 3.05) is 36.5 Å². The normalized spacial score (nSPS) is 21.8. The van der Waals surface area contributed by atoms with E-state index in [1.165, 1.54) is 4.57 Å². The average molecular weight is 415 g/mol. The first kappa shape index (κ1) is 19.1. The van der Waals surface area contributed by atoms with E-state index in [-0.39, 0.29) is 17.9 Å². The fraction of sp³-hybridized carbons (Fsp3) is 0.450. The number of morpholine rings is 1. The summed E-state index contributed by atoms with van der Waals surface area (Å²) in [6.07, 6.45) is -1.08. The van der Waals surface area contributed by atoms with E-state index in [1.807, 2.05) is 0 Å². The number of nitrogens with two attached hydrogens (primary N) is 1. The second kappa shape index (κ2) is 7.77. The van der Waals surface area contributed by atoms with Gasteiger partial charge in [0.15, 0.2) is 5.82 Å². The average Bonchev–Trinajstić information content (AvgIpc) is 3.13. The fourth-order valence-electron chi connectivity index (χ4n) is 3.95. The number of ether oxygens (including phenoxy) is 1. The van der Waals surface area contributed by atoms with E-state index in [4.69, 9.17) is 10.5 Å². The monoisotopic (exact) mass is 415 g/mol. The highest BCUT2D eigenvalue weighted by atomic mass is 19.3. The molecule has 30 heavy (non-hydrogen) atoms. The minimum absolute atomic E-state index is 0.174. The van der Waals surface area contributed by atoms with Gasteiger partial charge < -0.3 is 20.7 Å². The van der Waals surface area contributed by atoms with Crippen LogP contribution in [0.2, 0.25) is 0 Å². The molecule has 158 valence electrons. The smallest absolute Gasteiger partial charge is 0.296 e. The molecule has 2 aromatic heterocycles. The van der Waals surface area contributed by atoms with Crippen molar-refractivity contribution in [1.82, 2.24) is 19.5 Å². The van der Waals surface area contributed by atoms with Gasteiger partial charge in [-0.15, -0.1) is 0 Å². The molecule has 10 heteroatoms. The van der Waals surface area contributed by atoms with Crippen molar-refractivity contribution in [3.8, 4) is 5.82 Å². The van der Waals surface area contributed by atoms with E-state index in [0.29, 0.717) is 54.9 Å². The summed E-state index contributed by atoms with van der Waals surface area (Å²) in [4.78, 5) is 15.5. The first-order chi connectivity index (χ1) is 14.6. The second-order valence-electron chi connectivity index (χ2n) is 7.67. The van der Waals surface area contributed by atoms with Crippen LogP contribution >= 0.6 is 0 Å². The van der Waals surface area contributed by atoms with Crippen LogP contribution < -0.4 is 16.0 Å². The lowest BCUT2D eigenvalue weighted by atomic mass is 9.88. The number of hydrogen-bond donors (Lipinski definition) is 2. The molecular formula is C20H23F2N7O. The van der Waals surface area contributed by atoms with E-state index in [1.54, 1.807) is 30.3 Å². The molecule has 2 fully saturated rings. The summed E-state index contributed by atoms with van der Waals surface area (Å²) in [6.45, 7) is 2.54. The van der Waals surface area contributed by atoms with Crippen molar-refractivity contribution in [3.63, 3.8) is 0 Å². The molecule has 1 aromatic carbocycles. The molecule has 8 nitrogen and oxygen atoms in total. The summed E-state index contributed by atoms with van der Waals surface area (Å²) >= 11 is 0. The third kappa shape index (κ3) is 3.56. The molecule has 0 atom stereocenters. The summed E-state index contributed by atoms with van der Waals surface area (Å²) in [5.74, 6) is 1.11. The Morgan fingerprint density at radius 3 is 2.53 bits per heavy atom. The van der Waals surface area contributed by atoms with Crippen molar-refractivity contribution in [1.29, 1.82) is 0 Å².